The Morgan fingerprint density at radius 1 is 1.17 bits per heavy atom. The van der Waals surface area contributed by atoms with Gasteiger partial charge in [-0.15, -0.1) is 0 Å². The van der Waals surface area contributed by atoms with Gasteiger partial charge in [0.05, 0.1) is 5.69 Å². The molecule has 0 aliphatic heterocycles. The van der Waals surface area contributed by atoms with Crippen LogP contribution in [0.15, 0.2) is 36.5 Å². The molecule has 0 aliphatic carbocycles. The van der Waals surface area contributed by atoms with Crippen molar-refractivity contribution in [3.8, 4) is 5.75 Å². The third-order valence-corrected chi connectivity index (χ3v) is 2.99. The molecule has 0 saturated carbocycles. The maximum atomic E-state index is 12.0. The number of hydrogen-bond acceptors (Lipinski definition) is 2. The van der Waals surface area contributed by atoms with E-state index in [-0.39, 0.29) is 12.4 Å². The topological polar surface area (TPSA) is 31.2 Å². The number of carbonyl (C=O) groups is 1. The van der Waals surface area contributed by atoms with E-state index >= 15 is 0 Å². The molecule has 0 aliphatic rings. The Labute approximate surface area is 107 Å². The van der Waals surface area contributed by atoms with Crippen molar-refractivity contribution in [3.05, 3.63) is 53.3 Å². The lowest BCUT2D eigenvalue weighted by Gasteiger charge is -2.11. The van der Waals surface area contributed by atoms with Gasteiger partial charge in [-0.25, -0.2) is 0 Å². The van der Waals surface area contributed by atoms with Gasteiger partial charge in [-0.2, -0.15) is 0 Å². The number of rotatable bonds is 4. The van der Waals surface area contributed by atoms with Gasteiger partial charge in [0.15, 0.2) is 6.61 Å². The molecule has 2 rings (SSSR count). The van der Waals surface area contributed by atoms with Gasteiger partial charge in [-0.1, -0.05) is 18.2 Å². The molecule has 0 atom stereocenters. The fraction of sp³-hybridized carbons (Fsp3) is 0.267. The number of ketones is 1. The van der Waals surface area contributed by atoms with Crippen LogP contribution in [0.3, 0.4) is 0 Å². The summed E-state index contributed by atoms with van der Waals surface area (Å²) in [4.78, 5) is 12.0. The van der Waals surface area contributed by atoms with Crippen molar-refractivity contribution in [2.24, 2.45) is 7.05 Å². The highest BCUT2D eigenvalue weighted by Gasteiger charge is 2.11. The predicted molar refractivity (Wildman–Crippen MR) is 71.2 cm³/mol. The molecule has 0 unspecified atom stereocenters. The molecule has 0 bridgehead atoms. The molecule has 18 heavy (non-hydrogen) atoms. The summed E-state index contributed by atoms with van der Waals surface area (Å²) in [6.45, 7) is 4.04. The van der Waals surface area contributed by atoms with E-state index in [4.69, 9.17) is 4.74 Å². The molecule has 1 aromatic heterocycles. The summed E-state index contributed by atoms with van der Waals surface area (Å²) in [5, 5.41) is 0. The molecule has 0 spiro atoms. The van der Waals surface area contributed by atoms with Crippen LogP contribution in [0.4, 0.5) is 0 Å². The van der Waals surface area contributed by atoms with Crippen molar-refractivity contribution in [1.82, 2.24) is 4.57 Å². The van der Waals surface area contributed by atoms with E-state index < -0.39 is 0 Å². The van der Waals surface area contributed by atoms with Crippen LogP contribution in [0.2, 0.25) is 0 Å². The third kappa shape index (κ3) is 2.45. The highest BCUT2D eigenvalue weighted by atomic mass is 16.5. The molecular formula is C15H17NO2. The summed E-state index contributed by atoms with van der Waals surface area (Å²) in [5.74, 6) is 0.796. The van der Waals surface area contributed by atoms with E-state index in [0.29, 0.717) is 5.69 Å². The minimum absolute atomic E-state index is 0.00912. The summed E-state index contributed by atoms with van der Waals surface area (Å²) in [7, 11) is 1.85. The third-order valence-electron chi connectivity index (χ3n) is 2.99. The lowest BCUT2D eigenvalue weighted by atomic mass is 10.1. The zero-order chi connectivity index (χ0) is 13.1. The highest BCUT2D eigenvalue weighted by molar-refractivity contribution is 5.95. The number of nitrogens with zero attached hydrogens (tertiary/aromatic N) is 1. The SMILES string of the molecule is Cc1cccc(C)c1OCC(=O)c1cccn1C. The Morgan fingerprint density at radius 2 is 1.83 bits per heavy atom. The number of hydrogen-bond donors (Lipinski definition) is 0. The number of benzene rings is 1. The zero-order valence-electron chi connectivity index (χ0n) is 10.9. The van der Waals surface area contributed by atoms with E-state index in [1.807, 2.05) is 51.4 Å². The smallest absolute Gasteiger partial charge is 0.216 e. The molecule has 0 radical (unpaired) electrons. The Kier molecular flexibility index (Phi) is 3.51. The van der Waals surface area contributed by atoms with E-state index in [1.54, 1.807) is 10.6 Å². The summed E-state index contributed by atoms with van der Waals surface area (Å²) in [6, 6.07) is 9.60. The Hall–Kier alpha value is -2.03. The summed E-state index contributed by atoms with van der Waals surface area (Å²) in [6.07, 6.45) is 1.85. The molecule has 1 heterocycles. The van der Waals surface area contributed by atoms with Crippen molar-refractivity contribution in [3.63, 3.8) is 0 Å². The average molecular weight is 243 g/mol. The fourth-order valence-corrected chi connectivity index (χ4v) is 1.99. The molecule has 94 valence electrons. The van der Waals surface area contributed by atoms with Gasteiger partial charge in [-0.05, 0) is 37.1 Å². The number of carbonyl (C=O) groups excluding carboxylic acids is 1. The number of aromatic nitrogens is 1. The number of aryl methyl sites for hydroxylation is 3. The van der Waals surface area contributed by atoms with Crippen LogP contribution >= 0.6 is 0 Å². The normalized spacial score (nSPS) is 10.4. The molecule has 0 N–H and O–H groups in total. The van der Waals surface area contributed by atoms with Crippen LogP contribution in [0.1, 0.15) is 21.6 Å². The zero-order valence-corrected chi connectivity index (χ0v) is 10.9. The maximum Gasteiger partial charge on any atom is 0.216 e. The largest absolute Gasteiger partial charge is 0.485 e. The van der Waals surface area contributed by atoms with Crippen molar-refractivity contribution in [1.29, 1.82) is 0 Å². The first kappa shape index (κ1) is 12.4. The average Bonchev–Trinajstić information content (AvgIpc) is 2.74. The minimum atomic E-state index is -0.00912. The second-order valence-electron chi connectivity index (χ2n) is 4.44. The van der Waals surface area contributed by atoms with Gasteiger partial charge in [0.25, 0.3) is 0 Å². The molecule has 0 fully saturated rings. The molecule has 0 saturated heterocycles. The number of ether oxygens (including phenoxy) is 1. The highest BCUT2D eigenvalue weighted by Crippen LogP contribution is 2.22. The summed E-state index contributed by atoms with van der Waals surface area (Å²) >= 11 is 0. The number of Topliss-reactive ketones (excluding diaryl/α,β-unsaturated/α-hetero) is 1. The Morgan fingerprint density at radius 3 is 2.39 bits per heavy atom. The molecule has 3 nitrogen and oxygen atoms in total. The Bertz CT molecular complexity index is 549. The standard InChI is InChI=1S/C15H17NO2/c1-11-6-4-7-12(2)15(11)18-10-14(17)13-8-5-9-16(13)3/h4-9H,10H2,1-3H3. The van der Waals surface area contributed by atoms with Gasteiger partial charge < -0.3 is 9.30 Å². The van der Waals surface area contributed by atoms with Crippen molar-refractivity contribution >= 4 is 5.78 Å². The second-order valence-corrected chi connectivity index (χ2v) is 4.44. The minimum Gasteiger partial charge on any atom is -0.485 e. The van der Waals surface area contributed by atoms with E-state index in [9.17, 15) is 4.79 Å². The monoisotopic (exact) mass is 243 g/mol. The van der Waals surface area contributed by atoms with E-state index in [0.717, 1.165) is 16.9 Å². The van der Waals surface area contributed by atoms with Crippen molar-refractivity contribution < 1.29 is 9.53 Å². The Balaban J connectivity index is 2.09. The lowest BCUT2D eigenvalue weighted by molar-refractivity contribution is 0.0912. The predicted octanol–water partition coefficient (Wildman–Crippen LogP) is 2.90. The molecule has 0 amide bonds. The van der Waals surface area contributed by atoms with Crippen LogP contribution < -0.4 is 4.74 Å². The van der Waals surface area contributed by atoms with Crippen LogP contribution in [0.25, 0.3) is 0 Å². The van der Waals surface area contributed by atoms with Gasteiger partial charge in [0.2, 0.25) is 5.78 Å². The van der Waals surface area contributed by atoms with E-state index in [2.05, 4.69) is 0 Å². The van der Waals surface area contributed by atoms with Gasteiger partial charge >= 0.3 is 0 Å². The first-order chi connectivity index (χ1) is 8.59. The van der Waals surface area contributed by atoms with Crippen LogP contribution in [-0.2, 0) is 7.05 Å². The molecule has 3 heteroatoms. The quantitative estimate of drug-likeness (QED) is 0.773. The first-order valence-corrected chi connectivity index (χ1v) is 5.93. The van der Waals surface area contributed by atoms with Gasteiger partial charge in [0.1, 0.15) is 5.75 Å². The molecule has 2 aromatic rings. The van der Waals surface area contributed by atoms with Crippen LogP contribution in [0, 0.1) is 13.8 Å². The van der Waals surface area contributed by atoms with Gasteiger partial charge in [-0.3, -0.25) is 4.79 Å². The van der Waals surface area contributed by atoms with E-state index in [1.165, 1.54) is 0 Å². The second kappa shape index (κ2) is 5.08. The maximum absolute atomic E-state index is 12.0. The summed E-state index contributed by atoms with van der Waals surface area (Å²) in [5.41, 5.74) is 2.77. The first-order valence-electron chi connectivity index (χ1n) is 5.93. The molecule has 1 aromatic carbocycles. The van der Waals surface area contributed by atoms with Gasteiger partial charge in [0, 0.05) is 13.2 Å². The van der Waals surface area contributed by atoms with Crippen LogP contribution in [0.5, 0.6) is 5.75 Å². The molecular weight excluding hydrogens is 226 g/mol. The fourth-order valence-electron chi connectivity index (χ4n) is 1.99. The van der Waals surface area contributed by atoms with Crippen LogP contribution in [-0.4, -0.2) is 17.0 Å². The van der Waals surface area contributed by atoms with Crippen molar-refractivity contribution in [2.45, 2.75) is 13.8 Å². The lowest BCUT2D eigenvalue weighted by Crippen LogP contribution is -2.15. The number of para-hydroxylation sites is 1. The summed E-state index contributed by atoms with van der Waals surface area (Å²) < 4.78 is 7.45. The van der Waals surface area contributed by atoms with Crippen molar-refractivity contribution in [2.75, 3.05) is 6.61 Å².